The standard InChI is InChI=1S/C38H21N3OS/c1-4-12-30-24(8-1)25-18-16-23(22-17-19-33-28(20-22)26-9-2-5-13-32(26)42-33)21-31(25)41(30)38-39-29-11-7-15-35-36(29)37(40-38)27-10-3-6-14-34(27)43-35/h1-21H. The van der Waals surface area contributed by atoms with E-state index in [4.69, 9.17) is 14.4 Å². The van der Waals surface area contributed by atoms with Crippen LogP contribution in [0.3, 0.4) is 0 Å². The minimum absolute atomic E-state index is 0.681. The van der Waals surface area contributed by atoms with Crippen LogP contribution in [0.5, 0.6) is 0 Å². The number of hydrogen-bond donors (Lipinski definition) is 0. The molecule has 0 amide bonds. The summed E-state index contributed by atoms with van der Waals surface area (Å²) in [7, 11) is 0. The Morgan fingerprint density at radius 3 is 2.26 bits per heavy atom. The lowest BCUT2D eigenvalue weighted by Crippen LogP contribution is -2.05. The molecule has 0 spiro atoms. The molecule has 6 aromatic carbocycles. The SMILES string of the molecule is c1ccc2c(c1)Sc1cccc3nc(-n4c5ccccc5c5ccc(-c6ccc7oc8ccccc8c7c6)cc54)nc-2c13. The predicted octanol–water partition coefficient (Wildman–Crippen LogP) is 10.4. The zero-order valence-electron chi connectivity index (χ0n) is 22.8. The van der Waals surface area contributed by atoms with Gasteiger partial charge < -0.3 is 4.42 Å². The summed E-state index contributed by atoms with van der Waals surface area (Å²) in [6.07, 6.45) is 0. The fourth-order valence-corrected chi connectivity index (χ4v) is 7.77. The van der Waals surface area contributed by atoms with Crippen LogP contribution in [0.2, 0.25) is 0 Å². The topological polar surface area (TPSA) is 43.9 Å². The zero-order chi connectivity index (χ0) is 28.1. The van der Waals surface area contributed by atoms with Crippen LogP contribution < -0.4 is 0 Å². The van der Waals surface area contributed by atoms with Crippen molar-refractivity contribution in [3.05, 3.63) is 127 Å². The molecule has 4 heterocycles. The third kappa shape index (κ3) is 3.28. The first-order valence-corrected chi connectivity index (χ1v) is 15.2. The first-order chi connectivity index (χ1) is 21.3. The van der Waals surface area contributed by atoms with E-state index >= 15 is 0 Å². The van der Waals surface area contributed by atoms with Crippen molar-refractivity contribution < 1.29 is 4.42 Å². The normalized spacial score (nSPS) is 12.6. The van der Waals surface area contributed by atoms with Gasteiger partial charge in [-0.2, -0.15) is 0 Å². The molecule has 5 heteroatoms. The molecule has 0 saturated carbocycles. The monoisotopic (exact) mass is 567 g/mol. The summed E-state index contributed by atoms with van der Waals surface area (Å²) in [6.45, 7) is 0. The lowest BCUT2D eigenvalue weighted by atomic mass is 10.0. The van der Waals surface area contributed by atoms with Crippen LogP contribution in [-0.4, -0.2) is 14.5 Å². The van der Waals surface area contributed by atoms with E-state index in [1.54, 1.807) is 11.8 Å². The molecule has 0 aliphatic carbocycles. The average molecular weight is 568 g/mol. The highest BCUT2D eigenvalue weighted by Crippen LogP contribution is 2.47. The van der Waals surface area contributed by atoms with Crippen molar-refractivity contribution in [3.63, 3.8) is 0 Å². The van der Waals surface area contributed by atoms with Crippen molar-refractivity contribution in [1.29, 1.82) is 0 Å². The highest BCUT2D eigenvalue weighted by Gasteiger charge is 2.23. The minimum Gasteiger partial charge on any atom is -0.456 e. The van der Waals surface area contributed by atoms with E-state index in [0.717, 1.165) is 66.3 Å². The Hall–Kier alpha value is -5.39. The molecule has 0 N–H and O–H groups in total. The molecule has 1 aliphatic heterocycles. The van der Waals surface area contributed by atoms with Crippen LogP contribution in [0.1, 0.15) is 0 Å². The van der Waals surface area contributed by atoms with Crippen molar-refractivity contribution in [2.24, 2.45) is 0 Å². The van der Waals surface area contributed by atoms with Gasteiger partial charge in [-0.15, -0.1) is 0 Å². The van der Waals surface area contributed by atoms with Crippen molar-refractivity contribution in [3.8, 4) is 28.3 Å². The van der Waals surface area contributed by atoms with Gasteiger partial charge in [0.05, 0.1) is 22.2 Å². The van der Waals surface area contributed by atoms with E-state index in [0.29, 0.717) is 5.95 Å². The van der Waals surface area contributed by atoms with E-state index in [1.807, 2.05) is 12.1 Å². The summed E-state index contributed by atoms with van der Waals surface area (Å²) < 4.78 is 8.33. The third-order valence-electron chi connectivity index (χ3n) is 8.62. The lowest BCUT2D eigenvalue weighted by Gasteiger charge is -2.20. The van der Waals surface area contributed by atoms with Gasteiger partial charge in [0.15, 0.2) is 0 Å². The van der Waals surface area contributed by atoms with Crippen LogP contribution in [-0.2, 0) is 0 Å². The number of nitrogens with zero attached hydrogens (tertiary/aromatic N) is 3. The van der Waals surface area contributed by atoms with Gasteiger partial charge in [-0.3, -0.25) is 4.57 Å². The van der Waals surface area contributed by atoms with Crippen molar-refractivity contribution in [2.75, 3.05) is 0 Å². The number of fused-ring (bicyclic) bond motifs is 8. The number of furan rings is 1. The molecule has 0 saturated heterocycles. The van der Waals surface area contributed by atoms with Gasteiger partial charge in [0, 0.05) is 42.3 Å². The molecule has 10 rings (SSSR count). The summed E-state index contributed by atoms with van der Waals surface area (Å²) in [5, 5.41) is 5.74. The second kappa shape index (κ2) is 8.57. The first kappa shape index (κ1) is 23.2. The Morgan fingerprint density at radius 2 is 1.28 bits per heavy atom. The molecular formula is C38H21N3OS. The predicted molar refractivity (Wildman–Crippen MR) is 176 cm³/mol. The number of para-hydroxylation sites is 2. The highest BCUT2D eigenvalue weighted by molar-refractivity contribution is 7.99. The van der Waals surface area contributed by atoms with Gasteiger partial charge in [0.2, 0.25) is 5.95 Å². The molecule has 9 aromatic rings. The number of aromatic nitrogens is 3. The van der Waals surface area contributed by atoms with Crippen molar-refractivity contribution in [2.45, 2.75) is 9.79 Å². The molecule has 4 nitrogen and oxygen atoms in total. The summed E-state index contributed by atoms with van der Waals surface area (Å²) in [5.74, 6) is 0.681. The molecule has 0 bridgehead atoms. The molecule has 0 radical (unpaired) electrons. The third-order valence-corrected chi connectivity index (χ3v) is 9.76. The molecular weight excluding hydrogens is 547 g/mol. The molecule has 200 valence electrons. The number of hydrogen-bond acceptors (Lipinski definition) is 4. The van der Waals surface area contributed by atoms with E-state index in [1.165, 1.54) is 20.6 Å². The fourth-order valence-electron chi connectivity index (χ4n) is 6.66. The Morgan fingerprint density at radius 1 is 0.535 bits per heavy atom. The number of benzene rings is 6. The molecule has 1 aliphatic rings. The summed E-state index contributed by atoms with van der Waals surface area (Å²) in [5.41, 5.74) is 9.36. The fraction of sp³-hybridized carbons (Fsp3) is 0. The summed E-state index contributed by atoms with van der Waals surface area (Å²) >= 11 is 1.79. The second-order valence-corrected chi connectivity index (χ2v) is 12.1. The second-order valence-electron chi connectivity index (χ2n) is 11.0. The van der Waals surface area contributed by atoms with Crippen molar-refractivity contribution in [1.82, 2.24) is 14.5 Å². The average Bonchev–Trinajstić information content (AvgIpc) is 3.60. The van der Waals surface area contributed by atoms with Crippen LogP contribution in [0.25, 0.3) is 83.0 Å². The molecule has 3 aromatic heterocycles. The highest BCUT2D eigenvalue weighted by atomic mass is 32.2. The van der Waals surface area contributed by atoms with Crippen LogP contribution >= 0.6 is 11.8 Å². The first-order valence-electron chi connectivity index (χ1n) is 14.3. The van der Waals surface area contributed by atoms with Gasteiger partial charge in [0.25, 0.3) is 0 Å². The minimum atomic E-state index is 0.681. The van der Waals surface area contributed by atoms with Gasteiger partial charge in [-0.1, -0.05) is 90.6 Å². The Bertz CT molecular complexity index is 2610. The van der Waals surface area contributed by atoms with Gasteiger partial charge in [0.1, 0.15) is 11.2 Å². The quantitative estimate of drug-likeness (QED) is 0.208. The van der Waals surface area contributed by atoms with Crippen LogP contribution in [0.15, 0.2) is 142 Å². The van der Waals surface area contributed by atoms with Gasteiger partial charge in [-0.05, 0) is 59.7 Å². The molecule has 0 fully saturated rings. The number of rotatable bonds is 2. The van der Waals surface area contributed by atoms with Crippen LogP contribution in [0.4, 0.5) is 0 Å². The van der Waals surface area contributed by atoms with Gasteiger partial charge >= 0.3 is 0 Å². The summed E-state index contributed by atoms with van der Waals surface area (Å²) in [4.78, 5) is 12.9. The van der Waals surface area contributed by atoms with E-state index in [9.17, 15) is 0 Å². The van der Waals surface area contributed by atoms with E-state index in [-0.39, 0.29) is 0 Å². The smallest absolute Gasteiger partial charge is 0.235 e. The Kier molecular flexibility index (Phi) is 4.62. The Labute approximate surface area is 250 Å². The molecule has 43 heavy (non-hydrogen) atoms. The largest absolute Gasteiger partial charge is 0.456 e. The maximum atomic E-state index is 6.10. The molecule has 0 unspecified atom stereocenters. The van der Waals surface area contributed by atoms with E-state index < -0.39 is 0 Å². The molecule has 0 atom stereocenters. The maximum Gasteiger partial charge on any atom is 0.235 e. The maximum absolute atomic E-state index is 6.10. The van der Waals surface area contributed by atoms with Gasteiger partial charge in [-0.25, -0.2) is 9.97 Å². The lowest BCUT2D eigenvalue weighted by molar-refractivity contribution is 0.669. The van der Waals surface area contributed by atoms with Crippen molar-refractivity contribution >= 4 is 66.4 Å². The van der Waals surface area contributed by atoms with Crippen LogP contribution in [0, 0.1) is 0 Å². The zero-order valence-corrected chi connectivity index (χ0v) is 23.6. The Balaban J connectivity index is 1.25. The summed E-state index contributed by atoms with van der Waals surface area (Å²) in [6, 6.07) is 44.8. The van der Waals surface area contributed by atoms with E-state index in [2.05, 4.69) is 120 Å².